The highest BCUT2D eigenvalue weighted by atomic mass is 16.5. The van der Waals surface area contributed by atoms with Gasteiger partial charge in [-0.25, -0.2) is 0 Å². The number of ether oxygens (including phenoxy) is 2. The van der Waals surface area contributed by atoms with Gasteiger partial charge in [-0.2, -0.15) is 0 Å². The fraction of sp³-hybridized carbons (Fsp3) is 0.684. The average molecular weight is 347 g/mol. The van der Waals surface area contributed by atoms with Crippen LogP contribution < -0.4 is 0 Å². The van der Waals surface area contributed by atoms with Crippen LogP contribution in [0.3, 0.4) is 0 Å². The highest BCUT2D eigenvalue weighted by Crippen LogP contribution is 2.45. The van der Waals surface area contributed by atoms with Crippen LogP contribution in [-0.4, -0.2) is 74.3 Å². The van der Waals surface area contributed by atoms with E-state index < -0.39 is 0 Å². The maximum atomic E-state index is 12.8. The molecule has 1 spiro atoms. The Morgan fingerprint density at radius 1 is 1.20 bits per heavy atom. The van der Waals surface area contributed by atoms with Gasteiger partial charge in [0.15, 0.2) is 0 Å². The summed E-state index contributed by atoms with van der Waals surface area (Å²) in [6, 6.07) is 4.15. The number of methoxy groups -OCH3 is 2. The van der Waals surface area contributed by atoms with Crippen molar-refractivity contribution in [3.05, 3.63) is 30.1 Å². The molecule has 2 fully saturated rings. The first-order valence-corrected chi connectivity index (χ1v) is 9.06. The second kappa shape index (κ2) is 8.25. The van der Waals surface area contributed by atoms with Gasteiger partial charge >= 0.3 is 0 Å². The number of amides is 1. The Balaban J connectivity index is 1.63. The lowest BCUT2D eigenvalue weighted by Gasteiger charge is -2.41. The molecule has 0 aliphatic carbocycles. The second-order valence-corrected chi connectivity index (χ2v) is 7.25. The summed E-state index contributed by atoms with van der Waals surface area (Å²) < 4.78 is 10.6. The number of nitrogens with zero attached hydrogens (tertiary/aromatic N) is 3. The molecule has 1 amide bonds. The molecular formula is C19H29N3O3. The smallest absolute Gasteiger partial charge is 0.228 e. The van der Waals surface area contributed by atoms with Gasteiger partial charge in [-0.15, -0.1) is 0 Å². The Morgan fingerprint density at radius 2 is 1.92 bits per heavy atom. The monoisotopic (exact) mass is 347 g/mol. The first-order valence-electron chi connectivity index (χ1n) is 9.06. The van der Waals surface area contributed by atoms with E-state index >= 15 is 0 Å². The van der Waals surface area contributed by atoms with Crippen molar-refractivity contribution in [2.24, 2.45) is 11.3 Å². The minimum atomic E-state index is -0.0163. The third-order valence-electron chi connectivity index (χ3n) is 5.76. The number of rotatable bonds is 7. The maximum Gasteiger partial charge on any atom is 0.228 e. The summed E-state index contributed by atoms with van der Waals surface area (Å²) in [6.45, 7) is 5.63. The lowest BCUT2D eigenvalue weighted by Crippen LogP contribution is -2.45. The highest BCUT2D eigenvalue weighted by molar-refractivity contribution is 5.82. The molecule has 138 valence electrons. The van der Waals surface area contributed by atoms with E-state index in [1.165, 1.54) is 5.56 Å². The largest absolute Gasteiger partial charge is 0.384 e. The Morgan fingerprint density at radius 3 is 2.56 bits per heavy atom. The van der Waals surface area contributed by atoms with Crippen LogP contribution in [0.4, 0.5) is 0 Å². The van der Waals surface area contributed by atoms with E-state index in [9.17, 15) is 4.79 Å². The van der Waals surface area contributed by atoms with Crippen LogP contribution >= 0.6 is 0 Å². The molecule has 0 radical (unpaired) electrons. The molecule has 6 nitrogen and oxygen atoms in total. The van der Waals surface area contributed by atoms with Crippen molar-refractivity contribution in [1.29, 1.82) is 0 Å². The lowest BCUT2D eigenvalue weighted by molar-refractivity contribution is -0.134. The van der Waals surface area contributed by atoms with Crippen molar-refractivity contribution < 1.29 is 14.3 Å². The van der Waals surface area contributed by atoms with E-state index in [0.29, 0.717) is 19.8 Å². The summed E-state index contributed by atoms with van der Waals surface area (Å²) in [6.07, 6.45) is 5.78. The minimum absolute atomic E-state index is 0.0163. The van der Waals surface area contributed by atoms with Crippen LogP contribution in [0.15, 0.2) is 24.5 Å². The first kappa shape index (κ1) is 18.3. The topological polar surface area (TPSA) is 54.9 Å². The molecule has 1 atom stereocenters. The molecule has 2 aliphatic heterocycles. The van der Waals surface area contributed by atoms with Gasteiger partial charge in [0.25, 0.3) is 0 Å². The number of aromatic nitrogens is 1. The summed E-state index contributed by atoms with van der Waals surface area (Å²) in [5.41, 5.74) is 1.35. The van der Waals surface area contributed by atoms with E-state index in [1.54, 1.807) is 14.2 Å². The van der Waals surface area contributed by atoms with Gasteiger partial charge in [-0.05, 0) is 43.6 Å². The minimum Gasteiger partial charge on any atom is -0.384 e. The van der Waals surface area contributed by atoms with E-state index in [0.717, 1.165) is 39.0 Å². The molecule has 1 aromatic heterocycles. The van der Waals surface area contributed by atoms with Crippen LogP contribution in [0, 0.1) is 11.3 Å². The van der Waals surface area contributed by atoms with E-state index in [1.807, 2.05) is 17.3 Å². The number of likely N-dealkylation sites (tertiary alicyclic amines) is 2. The van der Waals surface area contributed by atoms with Crippen molar-refractivity contribution in [2.45, 2.75) is 19.4 Å². The quantitative estimate of drug-likeness (QED) is 0.747. The number of hydrogen-bond acceptors (Lipinski definition) is 5. The number of carbonyl (C=O) groups is 1. The molecule has 0 saturated carbocycles. The number of hydrogen-bond donors (Lipinski definition) is 0. The number of pyridine rings is 1. The maximum absolute atomic E-state index is 12.8. The molecule has 2 aliphatic rings. The van der Waals surface area contributed by atoms with Crippen LogP contribution in [0.25, 0.3) is 0 Å². The third kappa shape index (κ3) is 4.02. The SMILES string of the molecule is COCCN1CC2(CCN(Cc3ccncc3)CC2)C(COC)C1=O. The summed E-state index contributed by atoms with van der Waals surface area (Å²) >= 11 is 0. The van der Waals surface area contributed by atoms with Gasteiger partial charge in [0.2, 0.25) is 5.91 Å². The zero-order valence-corrected chi connectivity index (χ0v) is 15.3. The molecule has 3 heterocycles. The van der Waals surface area contributed by atoms with Crippen LogP contribution in [-0.2, 0) is 20.8 Å². The summed E-state index contributed by atoms with van der Waals surface area (Å²) in [5.74, 6) is 0.221. The average Bonchev–Trinajstić information content (AvgIpc) is 2.89. The molecule has 3 rings (SSSR count). The predicted molar refractivity (Wildman–Crippen MR) is 95.0 cm³/mol. The molecule has 2 saturated heterocycles. The normalized spacial score (nSPS) is 23.5. The first-order chi connectivity index (χ1) is 12.2. The lowest BCUT2D eigenvalue weighted by atomic mass is 9.71. The molecule has 25 heavy (non-hydrogen) atoms. The summed E-state index contributed by atoms with van der Waals surface area (Å²) in [5, 5.41) is 0. The van der Waals surface area contributed by atoms with Crippen molar-refractivity contribution in [2.75, 3.05) is 53.6 Å². The van der Waals surface area contributed by atoms with Gasteiger partial charge in [0, 0.05) is 51.7 Å². The van der Waals surface area contributed by atoms with Crippen LogP contribution in [0.1, 0.15) is 18.4 Å². The number of carbonyl (C=O) groups excluding carboxylic acids is 1. The molecule has 6 heteroatoms. The third-order valence-corrected chi connectivity index (χ3v) is 5.76. The molecule has 1 unspecified atom stereocenters. The fourth-order valence-electron chi connectivity index (χ4n) is 4.27. The zero-order chi connectivity index (χ0) is 17.7. The molecule has 0 N–H and O–H groups in total. The van der Waals surface area contributed by atoms with Crippen molar-refractivity contribution in [3.8, 4) is 0 Å². The van der Waals surface area contributed by atoms with Gasteiger partial charge < -0.3 is 14.4 Å². The zero-order valence-electron chi connectivity index (χ0n) is 15.3. The molecule has 0 aromatic carbocycles. The van der Waals surface area contributed by atoms with E-state index in [4.69, 9.17) is 9.47 Å². The van der Waals surface area contributed by atoms with Gasteiger partial charge in [0.05, 0.1) is 19.1 Å². The standard InChI is InChI=1S/C19H29N3O3/c1-24-12-11-22-15-19(17(14-25-2)18(22)23)5-9-21(10-6-19)13-16-3-7-20-8-4-16/h3-4,7-8,17H,5-6,9-15H2,1-2H3. The predicted octanol–water partition coefficient (Wildman–Crippen LogP) is 1.41. The van der Waals surface area contributed by atoms with Gasteiger partial charge in [-0.3, -0.25) is 14.7 Å². The van der Waals surface area contributed by atoms with E-state index in [-0.39, 0.29) is 17.2 Å². The molecule has 0 bridgehead atoms. The highest BCUT2D eigenvalue weighted by Gasteiger charge is 2.52. The Bertz CT molecular complexity index is 558. The Hall–Kier alpha value is -1.50. The van der Waals surface area contributed by atoms with E-state index in [2.05, 4.69) is 22.0 Å². The summed E-state index contributed by atoms with van der Waals surface area (Å²) in [7, 11) is 3.37. The van der Waals surface area contributed by atoms with Crippen molar-refractivity contribution in [3.63, 3.8) is 0 Å². The van der Waals surface area contributed by atoms with Crippen LogP contribution in [0.2, 0.25) is 0 Å². The summed E-state index contributed by atoms with van der Waals surface area (Å²) in [4.78, 5) is 21.4. The molecular weight excluding hydrogens is 318 g/mol. The van der Waals surface area contributed by atoms with Crippen molar-refractivity contribution in [1.82, 2.24) is 14.8 Å². The van der Waals surface area contributed by atoms with Crippen molar-refractivity contribution >= 4 is 5.91 Å². The fourth-order valence-corrected chi connectivity index (χ4v) is 4.27. The Kier molecular flexibility index (Phi) is 6.04. The van der Waals surface area contributed by atoms with Crippen LogP contribution in [0.5, 0.6) is 0 Å². The van der Waals surface area contributed by atoms with Gasteiger partial charge in [-0.1, -0.05) is 0 Å². The van der Waals surface area contributed by atoms with Gasteiger partial charge in [0.1, 0.15) is 0 Å². The molecule has 1 aromatic rings. The number of piperidine rings is 1. The second-order valence-electron chi connectivity index (χ2n) is 7.25. The Labute approximate surface area is 150 Å².